The first-order valence-electron chi connectivity index (χ1n) is 8.50. The second-order valence-corrected chi connectivity index (χ2v) is 8.66. The number of aryl methyl sites for hydroxylation is 1. The smallest absolute Gasteiger partial charge is 0.256 e. The van der Waals surface area contributed by atoms with Gasteiger partial charge in [-0.2, -0.15) is 4.31 Å². The third-order valence-electron chi connectivity index (χ3n) is 4.22. The molecular weight excluding hydrogens is 432 g/mol. The van der Waals surface area contributed by atoms with Gasteiger partial charge in [-0.3, -0.25) is 4.79 Å². The molecule has 27 heavy (non-hydrogen) atoms. The van der Waals surface area contributed by atoms with Gasteiger partial charge in [0.05, 0.1) is 17.6 Å². The molecule has 0 aliphatic heterocycles. The number of anilines is 1. The number of amides is 1. The molecule has 1 amide bonds. The number of halogens is 1. The van der Waals surface area contributed by atoms with Crippen LogP contribution < -0.4 is 10.1 Å². The third-order valence-corrected chi connectivity index (χ3v) is 6.96. The Morgan fingerprint density at radius 3 is 2.41 bits per heavy atom. The molecule has 2 rings (SSSR count). The third kappa shape index (κ3) is 4.69. The monoisotopic (exact) mass is 454 g/mol. The molecule has 2 aromatic rings. The Kier molecular flexibility index (Phi) is 7.02. The highest BCUT2D eigenvalue weighted by atomic mass is 79.9. The normalized spacial score (nSPS) is 11.5. The Hall–Kier alpha value is -1.90. The molecule has 0 saturated carbocycles. The van der Waals surface area contributed by atoms with Crippen molar-refractivity contribution in [2.75, 3.05) is 25.5 Å². The largest absolute Gasteiger partial charge is 0.497 e. The highest BCUT2D eigenvalue weighted by Crippen LogP contribution is 2.26. The Balaban J connectivity index is 2.39. The highest BCUT2D eigenvalue weighted by Gasteiger charge is 2.23. The summed E-state index contributed by atoms with van der Waals surface area (Å²) in [4.78, 5) is 12.9. The van der Waals surface area contributed by atoms with E-state index in [0.717, 1.165) is 5.56 Å². The summed E-state index contributed by atoms with van der Waals surface area (Å²) in [6, 6.07) is 9.82. The van der Waals surface area contributed by atoms with Crippen LogP contribution >= 0.6 is 15.9 Å². The first kappa shape index (κ1) is 21.4. The molecule has 146 valence electrons. The van der Waals surface area contributed by atoms with E-state index in [1.54, 1.807) is 44.2 Å². The predicted octanol–water partition coefficient (Wildman–Crippen LogP) is 4.05. The van der Waals surface area contributed by atoms with Crippen molar-refractivity contribution in [3.05, 3.63) is 52.0 Å². The minimum atomic E-state index is -3.61. The van der Waals surface area contributed by atoms with Crippen molar-refractivity contribution in [2.45, 2.75) is 25.7 Å². The van der Waals surface area contributed by atoms with Crippen LogP contribution in [0.5, 0.6) is 5.75 Å². The van der Waals surface area contributed by atoms with E-state index in [0.29, 0.717) is 34.6 Å². The van der Waals surface area contributed by atoms with E-state index in [9.17, 15) is 13.2 Å². The van der Waals surface area contributed by atoms with Gasteiger partial charge in [0.1, 0.15) is 5.75 Å². The molecule has 0 spiro atoms. The van der Waals surface area contributed by atoms with Crippen LogP contribution in [0.25, 0.3) is 0 Å². The summed E-state index contributed by atoms with van der Waals surface area (Å²) in [6.07, 6.45) is 0. The lowest BCUT2D eigenvalue weighted by Crippen LogP contribution is -2.30. The van der Waals surface area contributed by atoms with Gasteiger partial charge in [-0.1, -0.05) is 19.9 Å². The van der Waals surface area contributed by atoms with Crippen molar-refractivity contribution < 1.29 is 17.9 Å². The average molecular weight is 455 g/mol. The zero-order chi connectivity index (χ0) is 20.2. The van der Waals surface area contributed by atoms with Crippen LogP contribution in [0.2, 0.25) is 0 Å². The lowest BCUT2D eigenvalue weighted by molar-refractivity contribution is 0.102. The Morgan fingerprint density at radius 2 is 1.81 bits per heavy atom. The van der Waals surface area contributed by atoms with E-state index in [4.69, 9.17) is 4.74 Å². The zero-order valence-corrected chi connectivity index (χ0v) is 18.1. The molecular formula is C19H23BrN2O4S. The van der Waals surface area contributed by atoms with E-state index >= 15 is 0 Å². The SMILES string of the molecule is CCN(CC)S(=O)(=O)c1ccc(C)c(NC(=O)c2cc(OC)ccc2Br)c1. The summed E-state index contributed by atoms with van der Waals surface area (Å²) in [6.45, 7) is 6.15. The van der Waals surface area contributed by atoms with Crippen molar-refractivity contribution in [1.82, 2.24) is 4.31 Å². The molecule has 2 aromatic carbocycles. The van der Waals surface area contributed by atoms with Crippen molar-refractivity contribution in [3.63, 3.8) is 0 Å². The first-order valence-corrected chi connectivity index (χ1v) is 10.7. The van der Waals surface area contributed by atoms with E-state index in [1.807, 2.05) is 6.92 Å². The lowest BCUT2D eigenvalue weighted by Gasteiger charge is -2.19. The van der Waals surface area contributed by atoms with Crippen LogP contribution in [0.1, 0.15) is 29.8 Å². The fraction of sp³-hybridized carbons (Fsp3) is 0.316. The average Bonchev–Trinajstić information content (AvgIpc) is 2.64. The molecule has 8 heteroatoms. The molecule has 0 unspecified atom stereocenters. The number of methoxy groups -OCH3 is 1. The molecule has 0 atom stereocenters. The minimum Gasteiger partial charge on any atom is -0.497 e. The molecule has 0 bridgehead atoms. The number of nitrogens with zero attached hydrogens (tertiary/aromatic N) is 1. The van der Waals surface area contributed by atoms with Crippen LogP contribution in [0.4, 0.5) is 5.69 Å². The van der Waals surface area contributed by atoms with Gasteiger partial charge in [-0.05, 0) is 58.7 Å². The van der Waals surface area contributed by atoms with Crippen LogP contribution in [0.15, 0.2) is 45.8 Å². The topological polar surface area (TPSA) is 75.7 Å². The Labute approximate surface area is 168 Å². The molecule has 0 aromatic heterocycles. The Bertz CT molecular complexity index is 941. The summed E-state index contributed by atoms with van der Waals surface area (Å²) >= 11 is 3.36. The summed E-state index contributed by atoms with van der Waals surface area (Å²) in [5, 5.41) is 2.80. The van der Waals surface area contributed by atoms with Crippen molar-refractivity contribution in [2.24, 2.45) is 0 Å². The van der Waals surface area contributed by atoms with Gasteiger partial charge in [0.2, 0.25) is 10.0 Å². The van der Waals surface area contributed by atoms with Crippen LogP contribution in [-0.4, -0.2) is 38.8 Å². The molecule has 0 aliphatic carbocycles. The maximum Gasteiger partial charge on any atom is 0.256 e. The summed E-state index contributed by atoms with van der Waals surface area (Å²) < 4.78 is 32.6. The number of hydrogen-bond acceptors (Lipinski definition) is 4. The summed E-state index contributed by atoms with van der Waals surface area (Å²) in [5.41, 5.74) is 1.61. The van der Waals surface area contributed by atoms with Crippen LogP contribution in [-0.2, 0) is 10.0 Å². The molecule has 0 radical (unpaired) electrons. The number of carbonyl (C=O) groups excluding carboxylic acids is 1. The number of hydrogen-bond donors (Lipinski definition) is 1. The van der Waals surface area contributed by atoms with E-state index in [2.05, 4.69) is 21.2 Å². The molecule has 6 nitrogen and oxygen atoms in total. The summed E-state index contributed by atoms with van der Waals surface area (Å²) in [7, 11) is -2.08. The number of rotatable bonds is 7. The second kappa shape index (κ2) is 8.86. The standard InChI is InChI=1S/C19H23BrN2O4S/c1-5-22(6-2)27(24,25)15-9-7-13(3)18(12-15)21-19(23)16-11-14(26-4)8-10-17(16)20/h7-12H,5-6H2,1-4H3,(H,21,23). The van der Waals surface area contributed by atoms with E-state index in [-0.39, 0.29) is 10.8 Å². The summed E-state index contributed by atoms with van der Waals surface area (Å²) in [5.74, 6) is 0.194. The number of sulfonamides is 1. The van der Waals surface area contributed by atoms with Crippen LogP contribution in [0, 0.1) is 6.92 Å². The van der Waals surface area contributed by atoms with E-state index < -0.39 is 10.0 Å². The molecule has 0 fully saturated rings. The quantitative estimate of drug-likeness (QED) is 0.684. The lowest BCUT2D eigenvalue weighted by atomic mass is 10.1. The van der Waals surface area contributed by atoms with Crippen molar-refractivity contribution >= 4 is 37.5 Å². The van der Waals surface area contributed by atoms with Gasteiger partial charge < -0.3 is 10.1 Å². The van der Waals surface area contributed by atoms with Gasteiger partial charge in [0, 0.05) is 23.2 Å². The second-order valence-electron chi connectivity index (χ2n) is 5.87. The number of nitrogens with one attached hydrogen (secondary N) is 1. The Morgan fingerprint density at radius 1 is 1.15 bits per heavy atom. The predicted molar refractivity (Wildman–Crippen MR) is 110 cm³/mol. The number of carbonyl (C=O) groups is 1. The fourth-order valence-corrected chi connectivity index (χ4v) is 4.52. The minimum absolute atomic E-state index is 0.150. The van der Waals surface area contributed by atoms with Crippen LogP contribution in [0.3, 0.4) is 0 Å². The van der Waals surface area contributed by atoms with Gasteiger partial charge in [0.15, 0.2) is 0 Å². The fourth-order valence-electron chi connectivity index (χ4n) is 2.60. The van der Waals surface area contributed by atoms with Gasteiger partial charge in [-0.25, -0.2) is 8.42 Å². The van der Waals surface area contributed by atoms with Gasteiger partial charge >= 0.3 is 0 Å². The maximum absolute atomic E-state index is 12.7. The highest BCUT2D eigenvalue weighted by molar-refractivity contribution is 9.10. The number of ether oxygens (including phenoxy) is 1. The number of benzene rings is 2. The van der Waals surface area contributed by atoms with E-state index in [1.165, 1.54) is 17.5 Å². The molecule has 1 N–H and O–H groups in total. The molecule has 0 aliphatic rings. The molecule has 0 saturated heterocycles. The first-order chi connectivity index (χ1) is 12.7. The van der Waals surface area contributed by atoms with Gasteiger partial charge in [-0.15, -0.1) is 0 Å². The molecule has 0 heterocycles. The maximum atomic E-state index is 12.7. The van der Waals surface area contributed by atoms with Crippen molar-refractivity contribution in [3.8, 4) is 5.75 Å². The van der Waals surface area contributed by atoms with Gasteiger partial charge in [0.25, 0.3) is 5.91 Å². The zero-order valence-electron chi connectivity index (χ0n) is 15.7. The van der Waals surface area contributed by atoms with Crippen molar-refractivity contribution in [1.29, 1.82) is 0 Å².